The Hall–Kier alpha value is -1.24. The SMILES string of the molecule is Cc1nc(Cl)nc2c1CC(CCC(=O)N1C3CC1CN(C1COC1)C3)C2. The van der Waals surface area contributed by atoms with Crippen LogP contribution in [0.2, 0.25) is 5.28 Å². The highest BCUT2D eigenvalue weighted by molar-refractivity contribution is 6.28. The molecule has 5 heterocycles. The molecule has 7 heteroatoms. The van der Waals surface area contributed by atoms with Crippen LogP contribution in [0.4, 0.5) is 0 Å². The van der Waals surface area contributed by atoms with E-state index in [2.05, 4.69) is 19.8 Å². The molecular formula is C19H25ClN4O2. The molecule has 140 valence electrons. The second kappa shape index (κ2) is 6.43. The second-order valence-corrected chi connectivity index (χ2v) is 8.64. The lowest BCUT2D eigenvalue weighted by Crippen LogP contribution is -2.72. The third kappa shape index (κ3) is 2.83. The molecule has 4 fully saturated rings. The minimum Gasteiger partial charge on any atom is -0.378 e. The summed E-state index contributed by atoms with van der Waals surface area (Å²) in [6, 6.07) is 1.44. The van der Waals surface area contributed by atoms with Gasteiger partial charge in [0.25, 0.3) is 0 Å². The molecule has 0 radical (unpaired) electrons. The van der Waals surface area contributed by atoms with Gasteiger partial charge in [0.1, 0.15) is 0 Å². The zero-order valence-corrected chi connectivity index (χ0v) is 15.9. The van der Waals surface area contributed by atoms with Gasteiger partial charge in [0.05, 0.1) is 19.3 Å². The zero-order chi connectivity index (χ0) is 17.8. The van der Waals surface area contributed by atoms with E-state index >= 15 is 0 Å². The molecule has 4 aliphatic heterocycles. The first kappa shape index (κ1) is 16.9. The van der Waals surface area contributed by atoms with Crippen LogP contribution < -0.4 is 0 Å². The third-order valence-electron chi connectivity index (χ3n) is 6.66. The van der Waals surface area contributed by atoms with Crippen molar-refractivity contribution in [2.75, 3.05) is 26.3 Å². The minimum absolute atomic E-state index is 0.340. The normalized spacial score (nSPS) is 30.7. The Labute approximate surface area is 158 Å². The van der Waals surface area contributed by atoms with Gasteiger partial charge >= 0.3 is 0 Å². The number of piperazine rings is 1. The molecule has 0 spiro atoms. The summed E-state index contributed by atoms with van der Waals surface area (Å²) in [5.74, 6) is 0.831. The van der Waals surface area contributed by atoms with Crippen LogP contribution >= 0.6 is 11.6 Å². The number of nitrogens with zero attached hydrogens (tertiary/aromatic N) is 4. The number of ether oxygens (including phenoxy) is 1. The fraction of sp³-hybridized carbons (Fsp3) is 0.737. The van der Waals surface area contributed by atoms with E-state index in [0.717, 1.165) is 57.0 Å². The first-order valence-corrected chi connectivity index (χ1v) is 10.1. The van der Waals surface area contributed by atoms with Gasteiger partial charge in [0.2, 0.25) is 11.2 Å². The molecule has 4 saturated heterocycles. The fourth-order valence-electron chi connectivity index (χ4n) is 5.13. The average molecular weight is 377 g/mol. The summed E-state index contributed by atoms with van der Waals surface area (Å²) in [5.41, 5.74) is 3.32. The fourth-order valence-corrected chi connectivity index (χ4v) is 5.36. The highest BCUT2D eigenvalue weighted by atomic mass is 35.5. The summed E-state index contributed by atoms with van der Waals surface area (Å²) in [7, 11) is 0. The first-order chi connectivity index (χ1) is 12.6. The lowest BCUT2D eigenvalue weighted by molar-refractivity contribution is -0.165. The van der Waals surface area contributed by atoms with Crippen molar-refractivity contribution >= 4 is 17.5 Å². The third-order valence-corrected chi connectivity index (χ3v) is 6.83. The summed E-state index contributed by atoms with van der Waals surface area (Å²) >= 11 is 5.98. The number of carbonyl (C=O) groups excluding carboxylic acids is 1. The molecule has 26 heavy (non-hydrogen) atoms. The molecule has 0 N–H and O–H groups in total. The van der Waals surface area contributed by atoms with Crippen LogP contribution in [0.1, 0.15) is 36.2 Å². The molecule has 5 aliphatic rings. The zero-order valence-electron chi connectivity index (χ0n) is 15.2. The van der Waals surface area contributed by atoms with Gasteiger partial charge in [-0.3, -0.25) is 9.69 Å². The van der Waals surface area contributed by atoms with Crippen molar-refractivity contribution in [3.05, 3.63) is 22.2 Å². The van der Waals surface area contributed by atoms with E-state index < -0.39 is 0 Å². The van der Waals surface area contributed by atoms with Crippen LogP contribution in [0.5, 0.6) is 0 Å². The summed E-state index contributed by atoms with van der Waals surface area (Å²) in [5, 5.41) is 0.341. The standard InChI is InChI=1S/C19H25ClN4O2/c1-11-16-4-12(5-17(16)22-19(20)21-11)2-3-18(25)24-13-6-14(24)8-23(7-13)15-9-26-10-15/h12-15H,2-10H2,1H3. The van der Waals surface area contributed by atoms with Gasteiger partial charge in [0.15, 0.2) is 0 Å². The van der Waals surface area contributed by atoms with Crippen molar-refractivity contribution in [2.24, 2.45) is 5.92 Å². The van der Waals surface area contributed by atoms with E-state index in [0.29, 0.717) is 41.7 Å². The molecule has 3 unspecified atom stereocenters. The monoisotopic (exact) mass is 376 g/mol. The number of aromatic nitrogens is 2. The van der Waals surface area contributed by atoms with Crippen LogP contribution in [-0.4, -0.2) is 70.1 Å². The van der Waals surface area contributed by atoms with Gasteiger partial charge in [-0.25, -0.2) is 9.97 Å². The number of rotatable bonds is 4. The van der Waals surface area contributed by atoms with E-state index in [-0.39, 0.29) is 0 Å². The van der Waals surface area contributed by atoms with Crippen molar-refractivity contribution in [1.82, 2.24) is 19.8 Å². The van der Waals surface area contributed by atoms with Crippen molar-refractivity contribution in [3.63, 3.8) is 0 Å². The predicted molar refractivity (Wildman–Crippen MR) is 97.1 cm³/mol. The van der Waals surface area contributed by atoms with Gasteiger partial charge in [0, 0.05) is 43.0 Å². The highest BCUT2D eigenvalue weighted by Gasteiger charge is 2.48. The number of piperidine rings is 1. The van der Waals surface area contributed by atoms with E-state index in [9.17, 15) is 4.79 Å². The van der Waals surface area contributed by atoms with Gasteiger partial charge in [-0.15, -0.1) is 0 Å². The van der Waals surface area contributed by atoms with Gasteiger partial charge in [-0.2, -0.15) is 0 Å². The van der Waals surface area contributed by atoms with Gasteiger partial charge in [-0.1, -0.05) is 0 Å². The number of fused-ring (bicyclic) bond motifs is 3. The maximum atomic E-state index is 12.8. The van der Waals surface area contributed by atoms with Crippen LogP contribution in [0, 0.1) is 12.8 Å². The molecular weight excluding hydrogens is 352 g/mol. The lowest BCUT2D eigenvalue weighted by atomic mass is 9.85. The summed E-state index contributed by atoms with van der Waals surface area (Å²) in [4.78, 5) is 26.1. The maximum absolute atomic E-state index is 12.8. The van der Waals surface area contributed by atoms with E-state index in [1.807, 2.05) is 6.92 Å². The Bertz CT molecular complexity index is 726. The molecule has 6 nitrogen and oxygen atoms in total. The average Bonchev–Trinajstić information content (AvgIpc) is 2.94. The van der Waals surface area contributed by atoms with Gasteiger partial charge < -0.3 is 9.64 Å². The predicted octanol–water partition coefficient (Wildman–Crippen LogP) is 1.62. The summed E-state index contributed by atoms with van der Waals surface area (Å²) in [6.45, 7) is 5.78. The topological polar surface area (TPSA) is 58.6 Å². The van der Waals surface area contributed by atoms with Crippen LogP contribution in [0.25, 0.3) is 0 Å². The highest BCUT2D eigenvalue weighted by Crippen LogP contribution is 2.36. The first-order valence-electron chi connectivity index (χ1n) is 9.73. The largest absolute Gasteiger partial charge is 0.378 e. The Kier molecular flexibility index (Phi) is 4.18. The van der Waals surface area contributed by atoms with Crippen molar-refractivity contribution in [2.45, 2.75) is 57.2 Å². The molecule has 1 amide bonds. The molecule has 1 aromatic rings. The van der Waals surface area contributed by atoms with Crippen LogP contribution in [0.15, 0.2) is 0 Å². The molecule has 0 aromatic carbocycles. The smallest absolute Gasteiger partial charge is 0.223 e. The molecule has 1 aromatic heterocycles. The quantitative estimate of drug-likeness (QED) is 0.747. The van der Waals surface area contributed by atoms with E-state index in [4.69, 9.17) is 16.3 Å². The number of hydrogen-bond donors (Lipinski definition) is 0. The van der Waals surface area contributed by atoms with Crippen molar-refractivity contribution < 1.29 is 9.53 Å². The number of hydrogen-bond acceptors (Lipinski definition) is 5. The van der Waals surface area contributed by atoms with Gasteiger partial charge in [-0.05, 0) is 55.7 Å². The molecule has 0 saturated carbocycles. The molecule has 1 aliphatic carbocycles. The van der Waals surface area contributed by atoms with Crippen LogP contribution in [-0.2, 0) is 22.4 Å². The van der Waals surface area contributed by atoms with Crippen molar-refractivity contribution in [1.29, 1.82) is 0 Å². The number of aryl methyl sites for hydroxylation is 1. The number of carbonyl (C=O) groups is 1. The summed E-state index contributed by atoms with van der Waals surface area (Å²) in [6.07, 6.45) is 4.67. The van der Waals surface area contributed by atoms with E-state index in [1.165, 1.54) is 12.0 Å². The minimum atomic E-state index is 0.340. The molecule has 3 atom stereocenters. The Morgan fingerprint density at radius 3 is 2.65 bits per heavy atom. The Morgan fingerprint density at radius 2 is 1.96 bits per heavy atom. The molecule has 2 bridgehead atoms. The van der Waals surface area contributed by atoms with Crippen molar-refractivity contribution in [3.8, 4) is 0 Å². The second-order valence-electron chi connectivity index (χ2n) is 8.31. The Balaban J connectivity index is 1.14. The lowest BCUT2D eigenvalue weighted by Gasteiger charge is -2.58. The number of amides is 1. The summed E-state index contributed by atoms with van der Waals surface area (Å²) < 4.78 is 5.31. The van der Waals surface area contributed by atoms with E-state index in [1.54, 1.807) is 0 Å². The maximum Gasteiger partial charge on any atom is 0.223 e. The Morgan fingerprint density at radius 1 is 1.19 bits per heavy atom. The molecule has 6 rings (SSSR count). The van der Waals surface area contributed by atoms with Crippen LogP contribution in [0.3, 0.4) is 0 Å². The number of halogens is 1.